The number of benzene rings is 2. The van der Waals surface area contributed by atoms with Crippen LogP contribution in [0.15, 0.2) is 77.7 Å². The Kier molecular flexibility index (Phi) is 3.12. The lowest BCUT2D eigenvalue weighted by molar-refractivity contribution is 0.736. The van der Waals surface area contributed by atoms with Crippen LogP contribution in [0.1, 0.15) is 0 Å². The molecule has 4 rings (SSSR count). The molecule has 0 fully saturated rings. The minimum atomic E-state index is -0.144. The summed E-state index contributed by atoms with van der Waals surface area (Å²) in [7, 11) is 5.81. The zero-order valence-electron chi connectivity index (χ0n) is 12.3. The van der Waals surface area contributed by atoms with Crippen LogP contribution in [0.5, 0.6) is 0 Å². The first kappa shape index (κ1) is 13.6. The number of nitrogens with zero attached hydrogens (tertiary/aromatic N) is 3. The summed E-state index contributed by atoms with van der Waals surface area (Å²) in [6.45, 7) is 0. The van der Waals surface area contributed by atoms with Crippen molar-refractivity contribution in [1.82, 2.24) is 14.3 Å². The van der Waals surface area contributed by atoms with E-state index in [1.54, 1.807) is 16.9 Å². The van der Waals surface area contributed by atoms with Gasteiger partial charge in [-0.1, -0.05) is 47.9 Å². The van der Waals surface area contributed by atoms with E-state index in [9.17, 15) is 4.79 Å². The molecule has 0 saturated carbocycles. The molecule has 2 radical (unpaired) electrons. The number of aromatic nitrogens is 3. The normalized spacial score (nSPS) is 11.0. The molecule has 0 aliphatic rings. The highest BCUT2D eigenvalue weighted by Crippen LogP contribution is 2.17. The van der Waals surface area contributed by atoms with Gasteiger partial charge in [0.2, 0.25) is 0 Å². The van der Waals surface area contributed by atoms with Crippen molar-refractivity contribution < 1.29 is 0 Å². The molecular weight excluding hydrogens is 285 g/mol. The van der Waals surface area contributed by atoms with Gasteiger partial charge >= 0.3 is 0 Å². The maximum absolute atomic E-state index is 12.9. The van der Waals surface area contributed by atoms with E-state index >= 15 is 0 Å². The zero-order valence-corrected chi connectivity index (χ0v) is 12.3. The highest BCUT2D eigenvalue weighted by molar-refractivity contribution is 6.32. The van der Waals surface area contributed by atoms with Crippen LogP contribution in [0, 0.1) is 0 Å². The smallest absolute Gasteiger partial charge is 0.267 e. The molecule has 23 heavy (non-hydrogen) atoms. The van der Waals surface area contributed by atoms with E-state index in [2.05, 4.69) is 4.98 Å². The van der Waals surface area contributed by atoms with E-state index in [4.69, 9.17) is 7.85 Å². The average Bonchev–Trinajstić information content (AvgIpc) is 2.89. The molecule has 0 aliphatic carbocycles. The predicted molar refractivity (Wildman–Crippen MR) is 92.1 cm³/mol. The number of pyridine rings is 1. The van der Waals surface area contributed by atoms with Gasteiger partial charge in [-0.05, 0) is 24.3 Å². The Morgan fingerprint density at radius 2 is 1.39 bits per heavy atom. The summed E-state index contributed by atoms with van der Waals surface area (Å²) >= 11 is 0. The maximum atomic E-state index is 12.9. The second kappa shape index (κ2) is 5.28. The van der Waals surface area contributed by atoms with Gasteiger partial charge in [-0.3, -0.25) is 4.79 Å². The minimum Gasteiger partial charge on any atom is -0.267 e. The third-order valence-electron chi connectivity index (χ3n) is 3.71. The molecule has 0 saturated heterocycles. The van der Waals surface area contributed by atoms with Crippen molar-refractivity contribution in [2.45, 2.75) is 0 Å². The lowest BCUT2D eigenvalue weighted by Crippen LogP contribution is -2.20. The van der Waals surface area contributed by atoms with Crippen molar-refractivity contribution >= 4 is 24.3 Å². The standard InChI is InChI=1S/C18H12BN3O/c19-13-11-16-17(20-12-13)21(14-7-3-1-4-8-14)22(18(16)23)15-9-5-2-6-10-15/h1-12H. The number of hydrogen-bond donors (Lipinski definition) is 0. The first-order valence-electron chi connectivity index (χ1n) is 7.26. The summed E-state index contributed by atoms with van der Waals surface area (Å²) in [5, 5.41) is 0.498. The predicted octanol–water partition coefficient (Wildman–Crippen LogP) is 1.97. The number of para-hydroxylation sites is 2. The lowest BCUT2D eigenvalue weighted by atomic mass is 9.98. The minimum absolute atomic E-state index is 0.144. The second-order valence-electron chi connectivity index (χ2n) is 5.24. The quantitative estimate of drug-likeness (QED) is 0.531. The molecule has 0 spiro atoms. The Morgan fingerprint density at radius 1 is 0.826 bits per heavy atom. The van der Waals surface area contributed by atoms with Crippen molar-refractivity contribution in [2.75, 3.05) is 0 Å². The molecule has 0 amide bonds. The fourth-order valence-corrected chi connectivity index (χ4v) is 2.71. The summed E-state index contributed by atoms with van der Waals surface area (Å²) in [5.74, 6) is 0. The van der Waals surface area contributed by atoms with Crippen molar-refractivity contribution in [3.63, 3.8) is 0 Å². The van der Waals surface area contributed by atoms with Gasteiger partial charge in [-0.25, -0.2) is 14.3 Å². The van der Waals surface area contributed by atoms with Crippen LogP contribution >= 0.6 is 0 Å². The molecule has 4 nitrogen and oxygen atoms in total. The molecule has 0 unspecified atom stereocenters. The van der Waals surface area contributed by atoms with Gasteiger partial charge in [0.1, 0.15) is 7.85 Å². The Hall–Kier alpha value is -3.08. The van der Waals surface area contributed by atoms with E-state index in [1.165, 1.54) is 0 Å². The van der Waals surface area contributed by atoms with Crippen molar-refractivity contribution in [3.8, 4) is 11.4 Å². The summed E-state index contributed by atoms with van der Waals surface area (Å²) in [5.41, 5.74) is 2.55. The Bertz CT molecular complexity index is 1040. The van der Waals surface area contributed by atoms with E-state index in [0.29, 0.717) is 16.5 Å². The maximum Gasteiger partial charge on any atom is 0.281 e. The van der Waals surface area contributed by atoms with Crippen LogP contribution in [0.4, 0.5) is 0 Å². The van der Waals surface area contributed by atoms with E-state index < -0.39 is 0 Å². The van der Waals surface area contributed by atoms with E-state index in [0.717, 1.165) is 11.4 Å². The molecule has 0 aliphatic heterocycles. The fraction of sp³-hybridized carbons (Fsp3) is 0. The summed E-state index contributed by atoms with van der Waals surface area (Å²) in [4.78, 5) is 17.3. The monoisotopic (exact) mass is 297 g/mol. The van der Waals surface area contributed by atoms with Crippen LogP contribution in [0.25, 0.3) is 22.4 Å². The van der Waals surface area contributed by atoms with Gasteiger partial charge in [0.15, 0.2) is 5.65 Å². The Labute approximate surface area is 134 Å². The van der Waals surface area contributed by atoms with E-state index in [1.807, 2.05) is 65.3 Å². The average molecular weight is 297 g/mol. The molecular formula is C18H12BN3O. The number of rotatable bonds is 2. The molecule has 2 aromatic carbocycles. The van der Waals surface area contributed by atoms with Gasteiger partial charge in [-0.15, -0.1) is 0 Å². The highest BCUT2D eigenvalue weighted by atomic mass is 16.1. The molecule has 0 N–H and O–H groups in total. The summed E-state index contributed by atoms with van der Waals surface area (Å²) in [6.07, 6.45) is 1.57. The van der Waals surface area contributed by atoms with Crippen molar-refractivity contribution in [1.29, 1.82) is 0 Å². The third kappa shape index (κ3) is 2.17. The molecule has 108 valence electrons. The van der Waals surface area contributed by atoms with Crippen LogP contribution < -0.4 is 11.0 Å². The van der Waals surface area contributed by atoms with Crippen molar-refractivity contribution in [2.24, 2.45) is 0 Å². The molecule has 2 heterocycles. The largest absolute Gasteiger partial charge is 0.281 e. The van der Waals surface area contributed by atoms with Crippen LogP contribution in [0.3, 0.4) is 0 Å². The molecule has 5 heteroatoms. The molecule has 2 aromatic heterocycles. The van der Waals surface area contributed by atoms with Gasteiger partial charge in [0.05, 0.1) is 16.8 Å². The van der Waals surface area contributed by atoms with Crippen LogP contribution in [0.2, 0.25) is 0 Å². The lowest BCUT2D eigenvalue weighted by Gasteiger charge is -2.12. The van der Waals surface area contributed by atoms with E-state index in [-0.39, 0.29) is 5.56 Å². The summed E-state index contributed by atoms with van der Waals surface area (Å²) < 4.78 is 3.43. The van der Waals surface area contributed by atoms with Gasteiger partial charge < -0.3 is 0 Å². The van der Waals surface area contributed by atoms with Crippen LogP contribution in [-0.4, -0.2) is 22.2 Å². The van der Waals surface area contributed by atoms with Gasteiger partial charge in [0, 0.05) is 6.20 Å². The van der Waals surface area contributed by atoms with Crippen LogP contribution in [-0.2, 0) is 0 Å². The molecule has 4 aromatic rings. The van der Waals surface area contributed by atoms with Gasteiger partial charge in [0.25, 0.3) is 5.56 Å². The molecule has 0 bridgehead atoms. The zero-order chi connectivity index (χ0) is 15.8. The topological polar surface area (TPSA) is 39.8 Å². The highest BCUT2D eigenvalue weighted by Gasteiger charge is 2.16. The SMILES string of the molecule is [B]c1cnc2c(c1)c(=O)n(-c1ccccc1)n2-c1ccccc1. The first-order valence-corrected chi connectivity index (χ1v) is 7.26. The second-order valence-corrected chi connectivity index (χ2v) is 5.24. The Balaban J connectivity index is 2.16. The first-order chi connectivity index (χ1) is 11.3. The number of hydrogen-bond acceptors (Lipinski definition) is 2. The molecule has 0 atom stereocenters. The third-order valence-corrected chi connectivity index (χ3v) is 3.71. The number of fused-ring (bicyclic) bond motifs is 1. The summed E-state index contributed by atoms with van der Waals surface area (Å²) in [6, 6.07) is 20.8. The fourth-order valence-electron chi connectivity index (χ4n) is 2.71. The van der Waals surface area contributed by atoms with Crippen molar-refractivity contribution in [3.05, 3.63) is 83.3 Å². The Morgan fingerprint density at radius 3 is 2.00 bits per heavy atom. The van der Waals surface area contributed by atoms with Gasteiger partial charge in [-0.2, -0.15) is 0 Å².